The Kier molecular flexibility index (Phi) is 4.89. The number of nitrogens with zero attached hydrogens (tertiary/aromatic N) is 1. The lowest BCUT2D eigenvalue weighted by Gasteiger charge is -2.23. The first-order chi connectivity index (χ1) is 9.82. The highest BCUT2D eigenvalue weighted by atomic mass is 32.2. The molecule has 0 aromatic heterocycles. The standard InChI is InChI=1S/C10H11F3N2O5S2/c1-2-9(16)15(22(19,20)10(11,12)13)7-4-3-5-8(6-7)21(14,17)18/h3-6H,2H2,1H3,(H2,14,17,18). The zero-order valence-electron chi connectivity index (χ0n) is 11.0. The summed E-state index contributed by atoms with van der Waals surface area (Å²) in [5, 5.41) is 4.83. The Balaban J connectivity index is 3.60. The molecule has 0 aliphatic heterocycles. The average Bonchev–Trinajstić information content (AvgIpc) is 2.36. The third-order valence-electron chi connectivity index (χ3n) is 2.44. The summed E-state index contributed by atoms with van der Waals surface area (Å²) in [5.74, 6) is -1.37. The second-order valence-corrected chi connectivity index (χ2v) is 7.34. The Morgan fingerprint density at radius 2 is 1.77 bits per heavy atom. The van der Waals surface area contributed by atoms with Crippen molar-refractivity contribution >= 4 is 31.6 Å². The highest BCUT2D eigenvalue weighted by Gasteiger charge is 2.52. The predicted molar refractivity (Wildman–Crippen MR) is 70.6 cm³/mol. The number of carbonyl (C=O) groups excluding carboxylic acids is 1. The monoisotopic (exact) mass is 360 g/mol. The molecule has 0 saturated heterocycles. The number of amides is 1. The number of hydrogen-bond acceptors (Lipinski definition) is 5. The fourth-order valence-corrected chi connectivity index (χ4v) is 3.00. The molecule has 1 aromatic carbocycles. The van der Waals surface area contributed by atoms with Gasteiger partial charge in [0.1, 0.15) is 0 Å². The number of rotatable bonds is 4. The number of sulfonamides is 2. The summed E-state index contributed by atoms with van der Waals surface area (Å²) in [6, 6.07) is 3.35. The molecule has 7 nitrogen and oxygen atoms in total. The molecular weight excluding hydrogens is 349 g/mol. The van der Waals surface area contributed by atoms with E-state index >= 15 is 0 Å². The Labute approximate surface area is 124 Å². The molecule has 1 rings (SSSR count). The van der Waals surface area contributed by atoms with Crippen LogP contribution in [0.5, 0.6) is 0 Å². The van der Waals surface area contributed by atoms with Crippen LogP contribution in [-0.2, 0) is 24.8 Å². The van der Waals surface area contributed by atoms with Gasteiger partial charge in [0.05, 0.1) is 10.6 Å². The van der Waals surface area contributed by atoms with Crippen LogP contribution in [-0.4, -0.2) is 28.3 Å². The number of halogens is 3. The van der Waals surface area contributed by atoms with Crippen LogP contribution in [0.3, 0.4) is 0 Å². The van der Waals surface area contributed by atoms with Crippen molar-refractivity contribution in [3.05, 3.63) is 24.3 Å². The molecule has 0 fully saturated rings. The summed E-state index contributed by atoms with van der Waals surface area (Å²) in [4.78, 5) is 11.0. The molecule has 0 bridgehead atoms. The molecule has 12 heteroatoms. The first kappa shape index (κ1) is 18.4. The van der Waals surface area contributed by atoms with Gasteiger partial charge in [-0.1, -0.05) is 13.0 Å². The van der Waals surface area contributed by atoms with Gasteiger partial charge in [-0.3, -0.25) is 4.79 Å². The zero-order valence-corrected chi connectivity index (χ0v) is 12.7. The number of benzene rings is 1. The van der Waals surface area contributed by atoms with Gasteiger partial charge in [0.25, 0.3) is 0 Å². The summed E-state index contributed by atoms with van der Waals surface area (Å²) in [6.07, 6.45) is -0.547. The smallest absolute Gasteiger partial charge is 0.273 e. The van der Waals surface area contributed by atoms with E-state index in [4.69, 9.17) is 5.14 Å². The molecule has 22 heavy (non-hydrogen) atoms. The van der Waals surface area contributed by atoms with Crippen LogP contribution in [0.2, 0.25) is 0 Å². The molecule has 0 radical (unpaired) electrons. The van der Waals surface area contributed by atoms with Crippen molar-refractivity contribution in [3.63, 3.8) is 0 Å². The number of alkyl halides is 3. The van der Waals surface area contributed by atoms with Crippen LogP contribution >= 0.6 is 0 Å². The SMILES string of the molecule is CCC(=O)N(c1cccc(S(N)(=O)=O)c1)S(=O)(=O)C(F)(F)F. The minimum absolute atomic E-state index is 0.484. The Morgan fingerprint density at radius 1 is 1.23 bits per heavy atom. The van der Waals surface area contributed by atoms with Crippen molar-refractivity contribution < 1.29 is 34.8 Å². The van der Waals surface area contributed by atoms with E-state index in [1.165, 1.54) is 0 Å². The summed E-state index contributed by atoms with van der Waals surface area (Å²) < 4.78 is 83.0. The molecule has 0 atom stereocenters. The summed E-state index contributed by atoms with van der Waals surface area (Å²) in [6.45, 7) is 1.16. The van der Waals surface area contributed by atoms with E-state index in [1.54, 1.807) is 0 Å². The number of nitrogens with two attached hydrogens (primary N) is 1. The van der Waals surface area contributed by atoms with Gasteiger partial charge < -0.3 is 0 Å². The minimum atomic E-state index is -6.02. The summed E-state index contributed by atoms with van der Waals surface area (Å²) in [5.41, 5.74) is -6.49. The topological polar surface area (TPSA) is 115 Å². The van der Waals surface area contributed by atoms with Gasteiger partial charge in [-0.25, -0.2) is 13.6 Å². The predicted octanol–water partition coefficient (Wildman–Crippen LogP) is 0.927. The van der Waals surface area contributed by atoms with E-state index < -0.39 is 52.8 Å². The van der Waals surface area contributed by atoms with Crippen molar-refractivity contribution in [1.82, 2.24) is 0 Å². The van der Waals surface area contributed by atoms with E-state index in [1.807, 2.05) is 0 Å². The Morgan fingerprint density at radius 3 is 2.18 bits per heavy atom. The van der Waals surface area contributed by atoms with Crippen molar-refractivity contribution in [2.45, 2.75) is 23.7 Å². The highest BCUT2D eigenvalue weighted by Crippen LogP contribution is 2.32. The third kappa shape index (κ3) is 3.56. The van der Waals surface area contributed by atoms with Crippen LogP contribution in [0, 0.1) is 0 Å². The molecule has 0 unspecified atom stereocenters. The maximum Gasteiger partial charge on any atom is 0.517 e. The molecule has 0 spiro atoms. The fraction of sp³-hybridized carbons (Fsp3) is 0.300. The molecule has 0 heterocycles. The second-order valence-electron chi connectivity index (χ2n) is 4.00. The maximum atomic E-state index is 12.7. The second kappa shape index (κ2) is 5.85. The van der Waals surface area contributed by atoms with Gasteiger partial charge in [0, 0.05) is 6.42 Å². The molecule has 0 aliphatic carbocycles. The quantitative estimate of drug-likeness (QED) is 0.858. The number of primary sulfonamides is 1. The number of carbonyl (C=O) groups is 1. The van der Waals surface area contributed by atoms with Crippen molar-refractivity contribution in [3.8, 4) is 0 Å². The van der Waals surface area contributed by atoms with E-state index in [0.29, 0.717) is 6.07 Å². The molecule has 0 aliphatic rings. The Hall–Kier alpha value is -1.66. The molecular formula is C10H11F3N2O5S2. The largest absolute Gasteiger partial charge is 0.517 e. The maximum absolute atomic E-state index is 12.7. The van der Waals surface area contributed by atoms with Crippen LogP contribution in [0.4, 0.5) is 18.9 Å². The van der Waals surface area contributed by atoms with E-state index in [2.05, 4.69) is 0 Å². The molecule has 0 saturated carbocycles. The van der Waals surface area contributed by atoms with Crippen molar-refractivity contribution in [2.75, 3.05) is 4.31 Å². The number of anilines is 1. The van der Waals surface area contributed by atoms with Crippen LogP contribution in [0.25, 0.3) is 0 Å². The lowest BCUT2D eigenvalue weighted by atomic mass is 10.3. The highest BCUT2D eigenvalue weighted by molar-refractivity contribution is 7.94. The lowest BCUT2D eigenvalue weighted by Crippen LogP contribution is -2.44. The Bertz CT molecular complexity index is 787. The van der Waals surface area contributed by atoms with Gasteiger partial charge in [-0.05, 0) is 18.2 Å². The lowest BCUT2D eigenvalue weighted by molar-refractivity contribution is -0.117. The first-order valence-corrected chi connectivity index (χ1v) is 8.58. The molecule has 1 aromatic rings. The molecule has 124 valence electrons. The van der Waals surface area contributed by atoms with Crippen molar-refractivity contribution in [2.24, 2.45) is 5.14 Å². The molecule has 1 amide bonds. The normalized spacial score (nSPS) is 13.0. The van der Waals surface area contributed by atoms with Crippen LogP contribution in [0.15, 0.2) is 29.2 Å². The van der Waals surface area contributed by atoms with Crippen LogP contribution in [0.1, 0.15) is 13.3 Å². The van der Waals surface area contributed by atoms with Gasteiger partial charge in [0.15, 0.2) is 0 Å². The number of hydrogen-bond donors (Lipinski definition) is 1. The first-order valence-electron chi connectivity index (χ1n) is 5.59. The molecule has 2 N–H and O–H groups in total. The average molecular weight is 360 g/mol. The van der Waals surface area contributed by atoms with E-state index in [9.17, 15) is 34.8 Å². The van der Waals surface area contributed by atoms with Crippen molar-refractivity contribution in [1.29, 1.82) is 0 Å². The van der Waals surface area contributed by atoms with Gasteiger partial charge in [-0.15, -0.1) is 0 Å². The van der Waals surface area contributed by atoms with Crippen LogP contribution < -0.4 is 9.44 Å². The minimum Gasteiger partial charge on any atom is -0.273 e. The van der Waals surface area contributed by atoms with Gasteiger partial charge in [0.2, 0.25) is 15.9 Å². The summed E-state index contributed by atoms with van der Waals surface area (Å²) in [7, 11) is -10.3. The fourth-order valence-electron chi connectivity index (χ4n) is 1.45. The zero-order chi connectivity index (χ0) is 17.3. The van der Waals surface area contributed by atoms with E-state index in [-0.39, 0.29) is 0 Å². The van der Waals surface area contributed by atoms with E-state index in [0.717, 1.165) is 25.1 Å². The van der Waals surface area contributed by atoms with Gasteiger partial charge >= 0.3 is 15.5 Å². The third-order valence-corrected chi connectivity index (χ3v) is 4.83. The van der Waals surface area contributed by atoms with Gasteiger partial charge in [-0.2, -0.15) is 25.9 Å². The summed E-state index contributed by atoms with van der Waals surface area (Å²) >= 11 is 0.